The molecule has 31 heavy (non-hydrogen) atoms. The first-order chi connectivity index (χ1) is 14.9. The van der Waals surface area contributed by atoms with E-state index < -0.39 is 0 Å². The van der Waals surface area contributed by atoms with Crippen LogP contribution in [0.5, 0.6) is 11.5 Å². The van der Waals surface area contributed by atoms with Gasteiger partial charge in [-0.15, -0.1) is 0 Å². The molecule has 7 heteroatoms. The van der Waals surface area contributed by atoms with Crippen LogP contribution in [-0.4, -0.2) is 30.9 Å². The van der Waals surface area contributed by atoms with E-state index in [4.69, 9.17) is 32.7 Å². The number of carbonyl (C=O) groups is 2. The number of hydrogen-bond donors (Lipinski definition) is 1. The van der Waals surface area contributed by atoms with Crippen molar-refractivity contribution in [3.05, 3.63) is 58.1 Å². The lowest BCUT2D eigenvalue weighted by Crippen LogP contribution is -2.40. The van der Waals surface area contributed by atoms with Gasteiger partial charge in [0.2, 0.25) is 0 Å². The summed E-state index contributed by atoms with van der Waals surface area (Å²) < 4.78 is 11.1. The van der Waals surface area contributed by atoms with Gasteiger partial charge < -0.3 is 14.8 Å². The Morgan fingerprint density at radius 3 is 2.29 bits per heavy atom. The minimum Gasteiger partial charge on any atom is -0.486 e. The van der Waals surface area contributed by atoms with Crippen LogP contribution in [0.4, 0.5) is 0 Å². The molecule has 1 aliphatic carbocycles. The van der Waals surface area contributed by atoms with Crippen LogP contribution >= 0.6 is 23.2 Å². The first-order valence-corrected chi connectivity index (χ1v) is 11.2. The Kier molecular flexibility index (Phi) is 8.61. The zero-order chi connectivity index (χ0) is 22.2. The van der Waals surface area contributed by atoms with Crippen LogP contribution in [0.2, 0.25) is 10.0 Å². The summed E-state index contributed by atoms with van der Waals surface area (Å²) in [5.41, 5.74) is 0.894. The summed E-state index contributed by atoms with van der Waals surface area (Å²) in [5, 5.41) is 4.31. The largest absolute Gasteiger partial charge is 0.486 e. The topological polar surface area (TPSA) is 64.6 Å². The molecule has 0 atom stereocenters. The van der Waals surface area contributed by atoms with E-state index in [2.05, 4.69) is 5.32 Å². The third-order valence-electron chi connectivity index (χ3n) is 5.44. The number of nitrogens with one attached hydrogen (secondary N) is 1. The third-order valence-corrected chi connectivity index (χ3v) is 5.92. The van der Waals surface area contributed by atoms with Gasteiger partial charge in [-0.1, -0.05) is 23.2 Å². The monoisotopic (exact) mass is 463 g/mol. The Morgan fingerprint density at radius 1 is 0.935 bits per heavy atom. The number of halogens is 2. The van der Waals surface area contributed by atoms with Crippen LogP contribution in [0.3, 0.4) is 0 Å². The molecule has 0 unspecified atom stereocenters. The Labute approximate surface area is 193 Å². The maximum atomic E-state index is 12.2. The Bertz CT molecular complexity index is 893. The maximum absolute atomic E-state index is 12.2. The molecule has 0 saturated heterocycles. The van der Waals surface area contributed by atoms with Crippen molar-refractivity contribution in [2.45, 2.75) is 45.1 Å². The lowest BCUT2D eigenvalue weighted by Gasteiger charge is -2.28. The zero-order valence-corrected chi connectivity index (χ0v) is 19.0. The van der Waals surface area contributed by atoms with Crippen molar-refractivity contribution in [3.8, 4) is 11.5 Å². The van der Waals surface area contributed by atoms with Gasteiger partial charge in [-0.2, -0.15) is 0 Å². The Hall–Kier alpha value is -2.24. The van der Waals surface area contributed by atoms with E-state index in [1.54, 1.807) is 42.5 Å². The van der Waals surface area contributed by atoms with Crippen LogP contribution < -0.4 is 14.8 Å². The predicted molar refractivity (Wildman–Crippen MR) is 122 cm³/mol. The fourth-order valence-corrected chi connectivity index (χ4v) is 4.13. The van der Waals surface area contributed by atoms with Gasteiger partial charge in [0.1, 0.15) is 18.1 Å². The number of ketones is 1. The summed E-state index contributed by atoms with van der Waals surface area (Å²) >= 11 is 11.8. The number of benzene rings is 2. The second kappa shape index (κ2) is 11.4. The SMILES string of the molecule is Cc1cc(Cl)ccc1OCC(=O)NC1CCC(CC(=O)COc2ccc(Cl)cc2)CC1. The third kappa shape index (κ3) is 7.75. The molecule has 0 aliphatic heterocycles. The summed E-state index contributed by atoms with van der Waals surface area (Å²) in [6.07, 6.45) is 4.06. The van der Waals surface area contributed by atoms with E-state index in [0.717, 1.165) is 31.2 Å². The van der Waals surface area contributed by atoms with E-state index >= 15 is 0 Å². The second-order valence-corrected chi connectivity index (χ2v) is 8.84. The molecule has 1 N–H and O–H groups in total. The predicted octanol–water partition coefficient (Wildman–Crippen LogP) is 5.39. The van der Waals surface area contributed by atoms with Crippen LogP contribution in [0.15, 0.2) is 42.5 Å². The lowest BCUT2D eigenvalue weighted by atomic mass is 9.83. The number of rotatable bonds is 9. The van der Waals surface area contributed by atoms with Crippen molar-refractivity contribution in [2.24, 2.45) is 5.92 Å². The quantitative estimate of drug-likeness (QED) is 0.540. The molecule has 1 fully saturated rings. The molecular formula is C24H27Cl2NO4. The molecule has 2 aromatic rings. The number of ether oxygens (including phenoxy) is 2. The Morgan fingerprint density at radius 2 is 1.61 bits per heavy atom. The average molecular weight is 464 g/mol. The molecule has 0 heterocycles. The van der Waals surface area contributed by atoms with Crippen molar-refractivity contribution in [1.29, 1.82) is 0 Å². The molecule has 166 valence electrons. The fraction of sp³-hybridized carbons (Fsp3) is 0.417. The van der Waals surface area contributed by atoms with Crippen LogP contribution in [0.1, 0.15) is 37.7 Å². The molecule has 1 aliphatic rings. The molecule has 0 aromatic heterocycles. The average Bonchev–Trinajstić information content (AvgIpc) is 2.74. The van der Waals surface area contributed by atoms with Crippen LogP contribution in [0, 0.1) is 12.8 Å². The van der Waals surface area contributed by atoms with Crippen molar-refractivity contribution < 1.29 is 19.1 Å². The summed E-state index contributed by atoms with van der Waals surface area (Å²) in [6, 6.07) is 12.4. The van der Waals surface area contributed by atoms with Gasteiger partial charge in [-0.3, -0.25) is 9.59 Å². The molecule has 5 nitrogen and oxygen atoms in total. The molecule has 3 rings (SSSR count). The first kappa shape index (κ1) is 23.4. The van der Waals surface area contributed by atoms with Gasteiger partial charge in [0, 0.05) is 22.5 Å². The van der Waals surface area contributed by atoms with E-state index in [1.807, 2.05) is 6.92 Å². The van der Waals surface area contributed by atoms with E-state index in [-0.39, 0.29) is 30.9 Å². The summed E-state index contributed by atoms with van der Waals surface area (Å²) in [5.74, 6) is 1.59. The van der Waals surface area contributed by atoms with E-state index in [1.165, 1.54) is 0 Å². The number of hydrogen-bond acceptors (Lipinski definition) is 4. The summed E-state index contributed by atoms with van der Waals surface area (Å²) in [6.45, 7) is 1.94. The number of amides is 1. The summed E-state index contributed by atoms with van der Waals surface area (Å²) in [4.78, 5) is 24.5. The van der Waals surface area contributed by atoms with Crippen LogP contribution in [0.25, 0.3) is 0 Å². The van der Waals surface area contributed by atoms with Crippen molar-refractivity contribution >= 4 is 34.9 Å². The smallest absolute Gasteiger partial charge is 0.258 e. The van der Waals surface area contributed by atoms with Crippen molar-refractivity contribution in [1.82, 2.24) is 5.32 Å². The molecule has 2 aromatic carbocycles. The molecule has 0 radical (unpaired) electrons. The van der Waals surface area contributed by atoms with Crippen LogP contribution in [-0.2, 0) is 9.59 Å². The van der Waals surface area contributed by atoms with Gasteiger partial charge in [0.25, 0.3) is 5.91 Å². The maximum Gasteiger partial charge on any atom is 0.258 e. The zero-order valence-electron chi connectivity index (χ0n) is 17.5. The van der Waals surface area contributed by atoms with Gasteiger partial charge in [0.05, 0.1) is 0 Å². The normalized spacial score (nSPS) is 18.3. The lowest BCUT2D eigenvalue weighted by molar-refractivity contribution is -0.125. The minimum atomic E-state index is -0.134. The minimum absolute atomic E-state index is 0.0249. The molecule has 1 saturated carbocycles. The molecule has 0 bridgehead atoms. The first-order valence-electron chi connectivity index (χ1n) is 10.5. The van der Waals surface area contributed by atoms with Crippen molar-refractivity contribution in [3.63, 3.8) is 0 Å². The highest BCUT2D eigenvalue weighted by Gasteiger charge is 2.24. The van der Waals surface area contributed by atoms with Gasteiger partial charge in [-0.25, -0.2) is 0 Å². The highest BCUT2D eigenvalue weighted by atomic mass is 35.5. The van der Waals surface area contributed by atoms with E-state index in [0.29, 0.717) is 33.9 Å². The standard InChI is InChI=1S/C24H27Cl2NO4/c1-16-12-19(26)6-11-23(16)31-15-24(29)27-20-7-2-17(3-8-20)13-21(28)14-30-22-9-4-18(25)5-10-22/h4-6,9-12,17,20H,2-3,7-8,13-15H2,1H3,(H,27,29). The summed E-state index contributed by atoms with van der Waals surface area (Å²) in [7, 11) is 0. The Balaban J connectivity index is 1.32. The van der Waals surface area contributed by atoms with Crippen molar-refractivity contribution in [2.75, 3.05) is 13.2 Å². The van der Waals surface area contributed by atoms with E-state index in [9.17, 15) is 9.59 Å². The number of carbonyl (C=O) groups excluding carboxylic acids is 2. The second-order valence-electron chi connectivity index (χ2n) is 7.97. The number of aryl methyl sites for hydroxylation is 1. The number of Topliss-reactive ketones (excluding diaryl/α,β-unsaturated/α-hetero) is 1. The van der Waals surface area contributed by atoms with Gasteiger partial charge >= 0.3 is 0 Å². The molecule has 1 amide bonds. The molecule has 0 spiro atoms. The highest BCUT2D eigenvalue weighted by Crippen LogP contribution is 2.27. The van der Waals surface area contributed by atoms with Gasteiger partial charge in [0.15, 0.2) is 12.4 Å². The fourth-order valence-electron chi connectivity index (χ4n) is 3.77. The highest BCUT2D eigenvalue weighted by molar-refractivity contribution is 6.30. The van der Waals surface area contributed by atoms with Gasteiger partial charge in [-0.05, 0) is 86.6 Å². The molecular weight excluding hydrogens is 437 g/mol.